The molecule has 0 aromatic heterocycles. The second-order valence-electron chi connectivity index (χ2n) is 4.41. The maximum absolute atomic E-state index is 12.2. The largest absolute Gasteiger partial charge is 0.254 e. The second kappa shape index (κ2) is 6.56. The molecule has 3 heteroatoms. The van der Waals surface area contributed by atoms with Crippen molar-refractivity contribution in [2.24, 2.45) is 0 Å². The maximum atomic E-state index is 12.2. The van der Waals surface area contributed by atoms with Crippen molar-refractivity contribution < 1.29 is 4.21 Å². The molecule has 1 aromatic carbocycles. The Morgan fingerprint density at radius 2 is 1.88 bits per heavy atom. The lowest BCUT2D eigenvalue weighted by Crippen LogP contribution is -2.13. The van der Waals surface area contributed by atoms with Crippen LogP contribution < -0.4 is 0 Å². The first-order chi connectivity index (χ1) is 8.10. The summed E-state index contributed by atoms with van der Waals surface area (Å²) in [6.07, 6.45) is 1.13. The Bertz CT molecular complexity index is 417. The maximum Gasteiger partial charge on any atom is 0.0634 e. The lowest BCUT2D eigenvalue weighted by Gasteiger charge is -2.12. The first-order valence-electron chi connectivity index (χ1n) is 5.97. The van der Waals surface area contributed by atoms with Crippen molar-refractivity contribution in [1.82, 2.24) is 0 Å². The topological polar surface area (TPSA) is 40.9 Å². The zero-order valence-electron chi connectivity index (χ0n) is 10.6. The van der Waals surface area contributed by atoms with E-state index in [1.807, 2.05) is 31.2 Å². The van der Waals surface area contributed by atoms with E-state index in [0.29, 0.717) is 12.3 Å². The smallest absolute Gasteiger partial charge is 0.0634 e. The molecule has 0 aliphatic heterocycles. The van der Waals surface area contributed by atoms with E-state index in [-0.39, 0.29) is 5.25 Å². The average molecular weight is 249 g/mol. The Balaban J connectivity index is 2.86. The number of hydrogen-bond acceptors (Lipinski definition) is 2. The minimum absolute atomic E-state index is 0.0510. The number of rotatable bonds is 5. The van der Waals surface area contributed by atoms with Gasteiger partial charge >= 0.3 is 0 Å². The van der Waals surface area contributed by atoms with Crippen molar-refractivity contribution in [3.8, 4) is 6.07 Å². The van der Waals surface area contributed by atoms with Crippen molar-refractivity contribution in [1.29, 1.82) is 5.26 Å². The predicted molar refractivity (Wildman–Crippen MR) is 71.2 cm³/mol. The molecule has 0 aliphatic rings. The molecule has 92 valence electrons. The molecule has 0 bridgehead atoms. The summed E-state index contributed by atoms with van der Waals surface area (Å²) in [6.45, 7) is 6.25. The Morgan fingerprint density at radius 1 is 1.29 bits per heavy atom. The summed E-state index contributed by atoms with van der Waals surface area (Å²) in [5.74, 6) is 0.485. The summed E-state index contributed by atoms with van der Waals surface area (Å²) in [4.78, 5) is 0.830. The van der Waals surface area contributed by atoms with Crippen LogP contribution in [0, 0.1) is 11.3 Å². The van der Waals surface area contributed by atoms with Crippen LogP contribution in [-0.2, 0) is 10.8 Å². The number of nitriles is 1. The van der Waals surface area contributed by atoms with Gasteiger partial charge < -0.3 is 0 Å². The molecular formula is C14H19NOS. The van der Waals surface area contributed by atoms with Crippen molar-refractivity contribution in [2.75, 3.05) is 0 Å². The molecule has 0 aliphatic carbocycles. The van der Waals surface area contributed by atoms with Gasteiger partial charge in [0.05, 0.1) is 22.1 Å². The molecule has 0 saturated heterocycles. The first-order valence-corrected chi connectivity index (χ1v) is 7.18. The highest BCUT2D eigenvalue weighted by atomic mass is 32.2. The standard InChI is InChI=1S/C14H19NOS/c1-4-13(9-10-15)17(16)14-7-5-12(6-8-14)11(2)3/h5-8,11,13H,4,9H2,1-3H3. The van der Waals surface area contributed by atoms with Gasteiger partial charge in [-0.25, -0.2) is 0 Å². The molecule has 2 unspecified atom stereocenters. The molecule has 0 amide bonds. The monoisotopic (exact) mass is 249 g/mol. The Labute approximate surface area is 106 Å². The van der Waals surface area contributed by atoms with Crippen LogP contribution in [0.4, 0.5) is 0 Å². The summed E-state index contributed by atoms with van der Waals surface area (Å²) >= 11 is 0. The summed E-state index contributed by atoms with van der Waals surface area (Å²) in [6, 6.07) is 10.00. The van der Waals surface area contributed by atoms with Gasteiger partial charge in [-0.15, -0.1) is 0 Å². The van der Waals surface area contributed by atoms with Gasteiger partial charge in [-0.05, 0) is 30.0 Å². The molecule has 0 spiro atoms. The number of nitrogens with zero attached hydrogens (tertiary/aromatic N) is 1. The fourth-order valence-electron chi connectivity index (χ4n) is 1.65. The molecule has 0 saturated carbocycles. The van der Waals surface area contributed by atoms with Crippen molar-refractivity contribution >= 4 is 10.8 Å². The van der Waals surface area contributed by atoms with Gasteiger partial charge in [0.1, 0.15) is 0 Å². The SMILES string of the molecule is CCC(CC#N)S(=O)c1ccc(C(C)C)cc1. The molecule has 0 N–H and O–H groups in total. The lowest BCUT2D eigenvalue weighted by atomic mass is 10.0. The van der Waals surface area contributed by atoms with E-state index in [1.165, 1.54) is 5.56 Å². The minimum atomic E-state index is -1.07. The van der Waals surface area contributed by atoms with Crippen LogP contribution in [0.2, 0.25) is 0 Å². The molecule has 17 heavy (non-hydrogen) atoms. The Hall–Kier alpha value is -1.14. The van der Waals surface area contributed by atoms with Crippen LogP contribution in [0.5, 0.6) is 0 Å². The lowest BCUT2D eigenvalue weighted by molar-refractivity contribution is 0.664. The van der Waals surface area contributed by atoms with E-state index in [2.05, 4.69) is 19.9 Å². The van der Waals surface area contributed by atoms with Gasteiger partial charge in [0, 0.05) is 11.3 Å². The van der Waals surface area contributed by atoms with Crippen LogP contribution in [0.15, 0.2) is 29.2 Å². The molecule has 0 heterocycles. The van der Waals surface area contributed by atoms with E-state index in [0.717, 1.165) is 11.3 Å². The highest BCUT2D eigenvalue weighted by Crippen LogP contribution is 2.20. The van der Waals surface area contributed by atoms with Crippen LogP contribution in [0.25, 0.3) is 0 Å². The fourth-order valence-corrected chi connectivity index (χ4v) is 2.97. The quantitative estimate of drug-likeness (QED) is 0.800. The van der Waals surface area contributed by atoms with Crippen molar-refractivity contribution in [2.45, 2.75) is 49.7 Å². The average Bonchev–Trinajstić information content (AvgIpc) is 2.35. The molecule has 2 nitrogen and oxygen atoms in total. The van der Waals surface area contributed by atoms with Gasteiger partial charge in [-0.2, -0.15) is 5.26 Å². The van der Waals surface area contributed by atoms with E-state index in [4.69, 9.17) is 5.26 Å². The zero-order valence-corrected chi connectivity index (χ0v) is 11.5. The summed E-state index contributed by atoms with van der Waals surface area (Å²) in [5.41, 5.74) is 1.25. The third kappa shape index (κ3) is 3.67. The third-order valence-corrected chi connectivity index (χ3v) is 4.70. The second-order valence-corrected chi connectivity index (χ2v) is 6.15. The van der Waals surface area contributed by atoms with E-state index >= 15 is 0 Å². The van der Waals surface area contributed by atoms with E-state index in [9.17, 15) is 4.21 Å². The van der Waals surface area contributed by atoms with Crippen LogP contribution in [0.1, 0.15) is 45.1 Å². The highest BCUT2D eigenvalue weighted by molar-refractivity contribution is 7.85. The molecule has 1 rings (SSSR count). The summed E-state index contributed by atoms with van der Waals surface area (Å²) < 4.78 is 12.2. The normalized spacial score (nSPS) is 14.3. The van der Waals surface area contributed by atoms with Gasteiger partial charge in [0.2, 0.25) is 0 Å². The fraction of sp³-hybridized carbons (Fsp3) is 0.500. The minimum Gasteiger partial charge on any atom is -0.254 e. The zero-order chi connectivity index (χ0) is 12.8. The molecule has 2 atom stereocenters. The first kappa shape index (κ1) is 13.9. The van der Waals surface area contributed by atoms with Crippen LogP contribution >= 0.6 is 0 Å². The van der Waals surface area contributed by atoms with E-state index in [1.54, 1.807) is 0 Å². The van der Waals surface area contributed by atoms with Gasteiger partial charge in [-0.1, -0.05) is 32.9 Å². The van der Waals surface area contributed by atoms with Crippen LogP contribution in [0.3, 0.4) is 0 Å². The predicted octanol–water partition coefficient (Wildman–Crippen LogP) is 3.61. The van der Waals surface area contributed by atoms with Crippen LogP contribution in [-0.4, -0.2) is 9.46 Å². The van der Waals surface area contributed by atoms with Crippen molar-refractivity contribution in [3.05, 3.63) is 29.8 Å². The van der Waals surface area contributed by atoms with Crippen molar-refractivity contribution in [3.63, 3.8) is 0 Å². The molecule has 0 radical (unpaired) electrons. The number of benzene rings is 1. The third-order valence-electron chi connectivity index (χ3n) is 2.86. The van der Waals surface area contributed by atoms with Gasteiger partial charge in [0.25, 0.3) is 0 Å². The Morgan fingerprint density at radius 3 is 2.29 bits per heavy atom. The van der Waals surface area contributed by atoms with Gasteiger partial charge in [0.15, 0.2) is 0 Å². The molecule has 0 fully saturated rings. The Kier molecular flexibility index (Phi) is 5.37. The summed E-state index contributed by atoms with van der Waals surface area (Å²) in [5, 5.41) is 8.65. The molecular weight excluding hydrogens is 230 g/mol. The number of hydrogen-bond donors (Lipinski definition) is 0. The van der Waals surface area contributed by atoms with E-state index < -0.39 is 10.8 Å². The van der Waals surface area contributed by atoms with Gasteiger partial charge in [-0.3, -0.25) is 4.21 Å². The summed E-state index contributed by atoms with van der Waals surface area (Å²) in [7, 11) is -1.07. The highest BCUT2D eigenvalue weighted by Gasteiger charge is 2.16. The molecule has 1 aromatic rings.